The molecule has 0 amide bonds. The molecule has 3 nitrogen and oxygen atoms in total. The number of hydrogen-bond donors (Lipinski definition) is 0. The first kappa shape index (κ1) is 13.2. The first-order chi connectivity index (χ1) is 10.2. The van der Waals surface area contributed by atoms with Gasteiger partial charge in [-0.15, -0.1) is 0 Å². The van der Waals surface area contributed by atoms with Crippen LogP contribution in [0.1, 0.15) is 21.9 Å². The highest BCUT2D eigenvalue weighted by atomic mass is 16.3. The third-order valence-corrected chi connectivity index (χ3v) is 3.21. The fourth-order valence-electron chi connectivity index (χ4n) is 2.10. The highest BCUT2D eigenvalue weighted by molar-refractivity contribution is 6.06. The number of carbonyl (C=O) groups is 1. The minimum Gasteiger partial charge on any atom is -0.462 e. The third-order valence-electron chi connectivity index (χ3n) is 3.21. The fourth-order valence-corrected chi connectivity index (χ4v) is 2.10. The fraction of sp³-hybridized carbons (Fsp3) is 0.0556. The molecule has 0 radical (unpaired) electrons. The number of ketones is 1. The molecule has 0 saturated carbocycles. The van der Waals surface area contributed by atoms with Gasteiger partial charge < -0.3 is 8.98 Å². The topological polar surface area (TPSA) is 35.1 Å². The van der Waals surface area contributed by atoms with Gasteiger partial charge >= 0.3 is 0 Å². The van der Waals surface area contributed by atoms with E-state index >= 15 is 0 Å². The van der Waals surface area contributed by atoms with Gasteiger partial charge in [0, 0.05) is 23.6 Å². The molecule has 104 valence electrons. The van der Waals surface area contributed by atoms with Crippen LogP contribution in [0.5, 0.6) is 0 Å². The molecule has 2 heterocycles. The van der Waals surface area contributed by atoms with Crippen molar-refractivity contribution in [3.8, 4) is 5.69 Å². The molecule has 0 aliphatic heterocycles. The van der Waals surface area contributed by atoms with Crippen LogP contribution in [0.15, 0.2) is 71.4 Å². The lowest BCUT2D eigenvalue weighted by Gasteiger charge is -2.03. The lowest BCUT2D eigenvalue weighted by atomic mass is 10.1. The first-order valence-electron chi connectivity index (χ1n) is 6.75. The van der Waals surface area contributed by atoms with Crippen molar-refractivity contribution in [2.45, 2.75) is 6.92 Å². The van der Waals surface area contributed by atoms with E-state index in [2.05, 4.69) is 0 Å². The summed E-state index contributed by atoms with van der Waals surface area (Å²) in [5.41, 5.74) is 1.69. The normalized spacial score (nSPS) is 11.1. The maximum Gasteiger partial charge on any atom is 0.185 e. The molecule has 0 fully saturated rings. The second kappa shape index (κ2) is 5.67. The predicted octanol–water partition coefficient (Wildman–Crippen LogP) is 4.27. The zero-order chi connectivity index (χ0) is 14.7. The molecule has 0 atom stereocenters. The largest absolute Gasteiger partial charge is 0.462 e. The second-order valence-electron chi connectivity index (χ2n) is 4.78. The van der Waals surface area contributed by atoms with Crippen LogP contribution >= 0.6 is 0 Å². The third kappa shape index (κ3) is 3.03. The molecule has 21 heavy (non-hydrogen) atoms. The maximum absolute atomic E-state index is 12.1. The second-order valence-corrected chi connectivity index (χ2v) is 4.78. The smallest absolute Gasteiger partial charge is 0.185 e. The Bertz CT molecular complexity index is 762. The van der Waals surface area contributed by atoms with E-state index in [-0.39, 0.29) is 5.78 Å². The summed E-state index contributed by atoms with van der Waals surface area (Å²) in [7, 11) is 0. The number of furan rings is 1. The highest BCUT2D eigenvalue weighted by Gasteiger charge is 2.03. The lowest BCUT2D eigenvalue weighted by molar-refractivity contribution is 0.104. The molecule has 0 aliphatic carbocycles. The van der Waals surface area contributed by atoms with Crippen LogP contribution in [0, 0.1) is 6.92 Å². The van der Waals surface area contributed by atoms with Crippen LogP contribution < -0.4 is 0 Å². The Labute approximate surface area is 123 Å². The molecule has 3 heteroatoms. The quantitative estimate of drug-likeness (QED) is 0.527. The summed E-state index contributed by atoms with van der Waals surface area (Å²) in [5, 5.41) is 0. The monoisotopic (exact) mass is 277 g/mol. The van der Waals surface area contributed by atoms with Gasteiger partial charge in [0.25, 0.3) is 0 Å². The van der Waals surface area contributed by atoms with Gasteiger partial charge in [0.05, 0.1) is 0 Å². The minimum atomic E-state index is -0.0388. The minimum absolute atomic E-state index is 0.0388. The van der Waals surface area contributed by atoms with E-state index in [1.54, 1.807) is 6.08 Å². The van der Waals surface area contributed by atoms with Gasteiger partial charge in [0.2, 0.25) is 0 Å². The number of hydrogen-bond acceptors (Lipinski definition) is 2. The zero-order valence-electron chi connectivity index (χ0n) is 11.7. The van der Waals surface area contributed by atoms with Crippen LogP contribution in [0.2, 0.25) is 0 Å². The van der Waals surface area contributed by atoms with Crippen molar-refractivity contribution in [1.29, 1.82) is 0 Å². The van der Waals surface area contributed by atoms with Gasteiger partial charge in [-0.3, -0.25) is 4.79 Å². The van der Waals surface area contributed by atoms with E-state index in [0.29, 0.717) is 11.3 Å². The van der Waals surface area contributed by atoms with E-state index in [9.17, 15) is 4.79 Å². The molecular weight excluding hydrogens is 262 g/mol. The molecular formula is C18H15NO2. The Kier molecular flexibility index (Phi) is 3.56. The summed E-state index contributed by atoms with van der Waals surface area (Å²) in [6, 6.07) is 15.2. The van der Waals surface area contributed by atoms with Crippen molar-refractivity contribution in [2.24, 2.45) is 0 Å². The average Bonchev–Trinajstić information content (AvgIpc) is 3.16. The van der Waals surface area contributed by atoms with E-state index in [4.69, 9.17) is 4.42 Å². The number of benzene rings is 1. The number of allylic oxidation sites excluding steroid dienone is 1. The van der Waals surface area contributed by atoms with Gasteiger partial charge in [-0.1, -0.05) is 0 Å². The summed E-state index contributed by atoms with van der Waals surface area (Å²) in [5.74, 6) is 1.48. The Morgan fingerprint density at radius 1 is 1.05 bits per heavy atom. The Hall–Kier alpha value is -2.81. The zero-order valence-corrected chi connectivity index (χ0v) is 11.7. The first-order valence-corrected chi connectivity index (χ1v) is 6.75. The Morgan fingerprint density at radius 3 is 2.38 bits per heavy atom. The number of aryl methyl sites for hydroxylation is 1. The van der Waals surface area contributed by atoms with Crippen molar-refractivity contribution in [3.63, 3.8) is 0 Å². The van der Waals surface area contributed by atoms with E-state index in [0.717, 1.165) is 11.4 Å². The summed E-state index contributed by atoms with van der Waals surface area (Å²) in [4.78, 5) is 12.1. The number of rotatable bonds is 4. The van der Waals surface area contributed by atoms with Crippen molar-refractivity contribution in [1.82, 2.24) is 4.57 Å². The number of carbonyl (C=O) groups excluding carboxylic acids is 1. The SMILES string of the molecule is Cc1ccc(C=CC(=O)c2ccc(-n3cccc3)cc2)o1. The summed E-state index contributed by atoms with van der Waals surface area (Å²) in [6.07, 6.45) is 7.16. The predicted molar refractivity (Wildman–Crippen MR) is 82.6 cm³/mol. The molecule has 0 unspecified atom stereocenters. The van der Waals surface area contributed by atoms with E-state index in [1.807, 2.05) is 72.4 Å². The molecule has 0 bridgehead atoms. The Morgan fingerprint density at radius 2 is 1.76 bits per heavy atom. The van der Waals surface area contributed by atoms with Crippen LogP contribution in [0.25, 0.3) is 11.8 Å². The molecule has 3 rings (SSSR count). The molecule has 2 aromatic heterocycles. The molecule has 3 aromatic rings. The van der Waals surface area contributed by atoms with Gasteiger partial charge in [-0.05, 0) is 67.6 Å². The molecule has 0 aliphatic rings. The summed E-state index contributed by atoms with van der Waals surface area (Å²) in [6.45, 7) is 1.87. The van der Waals surface area contributed by atoms with Crippen molar-refractivity contribution in [3.05, 3.63) is 84.1 Å². The standard InChI is InChI=1S/C18H15NO2/c1-14-4-9-17(21-14)10-11-18(20)15-5-7-16(8-6-15)19-12-2-3-13-19/h2-13H,1H3. The summed E-state index contributed by atoms with van der Waals surface area (Å²) < 4.78 is 7.39. The Balaban J connectivity index is 1.74. The molecule has 0 saturated heterocycles. The van der Waals surface area contributed by atoms with Gasteiger partial charge in [-0.25, -0.2) is 0 Å². The highest BCUT2D eigenvalue weighted by Crippen LogP contribution is 2.12. The molecule has 1 aromatic carbocycles. The van der Waals surface area contributed by atoms with Crippen LogP contribution in [-0.2, 0) is 0 Å². The van der Waals surface area contributed by atoms with E-state index in [1.165, 1.54) is 6.08 Å². The van der Waals surface area contributed by atoms with Crippen LogP contribution in [0.4, 0.5) is 0 Å². The molecule has 0 spiro atoms. The maximum atomic E-state index is 12.1. The number of aromatic nitrogens is 1. The van der Waals surface area contributed by atoms with Crippen molar-refractivity contribution >= 4 is 11.9 Å². The molecule has 0 N–H and O–H groups in total. The van der Waals surface area contributed by atoms with Gasteiger partial charge in [-0.2, -0.15) is 0 Å². The van der Waals surface area contributed by atoms with E-state index < -0.39 is 0 Å². The van der Waals surface area contributed by atoms with Crippen LogP contribution in [-0.4, -0.2) is 10.4 Å². The van der Waals surface area contributed by atoms with Gasteiger partial charge in [0.1, 0.15) is 11.5 Å². The van der Waals surface area contributed by atoms with Crippen molar-refractivity contribution in [2.75, 3.05) is 0 Å². The lowest BCUT2D eigenvalue weighted by Crippen LogP contribution is -1.95. The van der Waals surface area contributed by atoms with Crippen molar-refractivity contribution < 1.29 is 9.21 Å². The summed E-state index contributed by atoms with van der Waals surface area (Å²) >= 11 is 0. The van der Waals surface area contributed by atoms with Crippen LogP contribution in [0.3, 0.4) is 0 Å². The van der Waals surface area contributed by atoms with Gasteiger partial charge in [0.15, 0.2) is 5.78 Å². The average molecular weight is 277 g/mol. The number of nitrogens with zero attached hydrogens (tertiary/aromatic N) is 1.